The van der Waals surface area contributed by atoms with Crippen molar-refractivity contribution in [2.24, 2.45) is 5.92 Å². The summed E-state index contributed by atoms with van der Waals surface area (Å²) in [5.74, 6) is 1.61. The van der Waals surface area contributed by atoms with Gasteiger partial charge in [0.2, 0.25) is 0 Å². The summed E-state index contributed by atoms with van der Waals surface area (Å²) in [6.45, 7) is 6.98. The Morgan fingerprint density at radius 3 is 2.90 bits per heavy atom. The van der Waals surface area contributed by atoms with E-state index in [-0.39, 0.29) is 0 Å². The van der Waals surface area contributed by atoms with Crippen LogP contribution in [0, 0.1) is 5.92 Å². The molecule has 2 aromatic rings. The first-order valence-electron chi connectivity index (χ1n) is 7.04. The number of nitrogens with zero attached hydrogens (tertiary/aromatic N) is 2. The number of hydrogen-bond donors (Lipinski definition) is 1. The molecule has 0 radical (unpaired) electrons. The second-order valence-electron chi connectivity index (χ2n) is 5.47. The van der Waals surface area contributed by atoms with Gasteiger partial charge in [-0.1, -0.05) is 13.8 Å². The first kappa shape index (κ1) is 14.6. The summed E-state index contributed by atoms with van der Waals surface area (Å²) in [6, 6.07) is 8.05. The van der Waals surface area contributed by atoms with Crippen LogP contribution < -0.4 is 10.2 Å². The Labute approximate surface area is 120 Å². The Morgan fingerprint density at radius 2 is 2.20 bits per heavy atom. The molecule has 108 valence electrons. The number of furan rings is 1. The number of rotatable bonds is 7. The maximum atomic E-state index is 5.38. The van der Waals surface area contributed by atoms with E-state index in [1.54, 1.807) is 6.26 Å². The SMILES string of the molecule is CC(C)CNCc1cc(N(C)Cc2ccco2)ccn1. The van der Waals surface area contributed by atoms with Crippen LogP contribution in [0.1, 0.15) is 25.3 Å². The zero-order valence-electron chi connectivity index (χ0n) is 12.5. The lowest BCUT2D eigenvalue weighted by molar-refractivity contribution is 0.507. The molecule has 4 heteroatoms. The van der Waals surface area contributed by atoms with Crippen LogP contribution in [0.4, 0.5) is 5.69 Å². The Bertz CT molecular complexity index is 508. The molecule has 20 heavy (non-hydrogen) atoms. The third-order valence-electron chi connectivity index (χ3n) is 3.07. The lowest BCUT2D eigenvalue weighted by Crippen LogP contribution is -2.20. The summed E-state index contributed by atoms with van der Waals surface area (Å²) >= 11 is 0. The van der Waals surface area contributed by atoms with E-state index >= 15 is 0 Å². The van der Waals surface area contributed by atoms with Gasteiger partial charge < -0.3 is 14.6 Å². The normalized spacial score (nSPS) is 11.0. The fourth-order valence-electron chi connectivity index (χ4n) is 2.02. The van der Waals surface area contributed by atoms with Crippen molar-refractivity contribution in [2.45, 2.75) is 26.9 Å². The summed E-state index contributed by atoms with van der Waals surface area (Å²) < 4.78 is 5.38. The zero-order valence-corrected chi connectivity index (χ0v) is 12.5. The third-order valence-corrected chi connectivity index (χ3v) is 3.07. The molecule has 0 spiro atoms. The van der Waals surface area contributed by atoms with Crippen LogP contribution in [0.25, 0.3) is 0 Å². The van der Waals surface area contributed by atoms with Gasteiger partial charge in [0.25, 0.3) is 0 Å². The topological polar surface area (TPSA) is 41.3 Å². The molecule has 0 aliphatic heterocycles. The van der Waals surface area contributed by atoms with Crippen LogP contribution >= 0.6 is 0 Å². The molecular formula is C16H23N3O. The highest BCUT2D eigenvalue weighted by molar-refractivity contribution is 5.45. The lowest BCUT2D eigenvalue weighted by Gasteiger charge is -2.18. The average molecular weight is 273 g/mol. The minimum absolute atomic E-state index is 0.653. The highest BCUT2D eigenvalue weighted by atomic mass is 16.3. The van der Waals surface area contributed by atoms with E-state index in [0.29, 0.717) is 5.92 Å². The molecule has 0 bridgehead atoms. The van der Waals surface area contributed by atoms with Crippen molar-refractivity contribution in [1.29, 1.82) is 0 Å². The van der Waals surface area contributed by atoms with E-state index in [2.05, 4.69) is 42.2 Å². The molecule has 0 fully saturated rings. The standard InChI is InChI=1S/C16H23N3O/c1-13(2)10-17-11-14-9-15(6-7-18-14)19(3)12-16-5-4-8-20-16/h4-9,13,17H,10-12H2,1-3H3. The average Bonchev–Trinajstić information content (AvgIpc) is 2.91. The van der Waals surface area contributed by atoms with Crippen molar-refractivity contribution in [2.75, 3.05) is 18.5 Å². The van der Waals surface area contributed by atoms with Crippen LogP contribution in [-0.2, 0) is 13.1 Å². The minimum Gasteiger partial charge on any atom is -0.467 e. The smallest absolute Gasteiger partial charge is 0.123 e. The molecule has 0 aliphatic carbocycles. The molecule has 0 aliphatic rings. The third kappa shape index (κ3) is 4.38. The van der Waals surface area contributed by atoms with Gasteiger partial charge >= 0.3 is 0 Å². The molecule has 0 aromatic carbocycles. The number of aromatic nitrogens is 1. The van der Waals surface area contributed by atoms with E-state index < -0.39 is 0 Å². The molecule has 1 N–H and O–H groups in total. The molecular weight excluding hydrogens is 250 g/mol. The zero-order chi connectivity index (χ0) is 14.4. The highest BCUT2D eigenvalue weighted by Crippen LogP contribution is 2.16. The predicted octanol–water partition coefficient (Wildman–Crippen LogP) is 3.06. The van der Waals surface area contributed by atoms with Gasteiger partial charge in [-0.3, -0.25) is 4.98 Å². The maximum absolute atomic E-state index is 5.38. The largest absolute Gasteiger partial charge is 0.467 e. The lowest BCUT2D eigenvalue weighted by atomic mass is 10.2. The molecule has 0 saturated heterocycles. The Morgan fingerprint density at radius 1 is 1.35 bits per heavy atom. The number of nitrogens with one attached hydrogen (secondary N) is 1. The predicted molar refractivity (Wildman–Crippen MR) is 81.6 cm³/mol. The van der Waals surface area contributed by atoms with Gasteiger partial charge in [0.15, 0.2) is 0 Å². The molecule has 2 aromatic heterocycles. The molecule has 0 amide bonds. The molecule has 0 saturated carbocycles. The maximum Gasteiger partial charge on any atom is 0.123 e. The Hall–Kier alpha value is -1.81. The number of pyridine rings is 1. The van der Waals surface area contributed by atoms with E-state index in [1.807, 2.05) is 24.4 Å². The summed E-state index contributed by atoms with van der Waals surface area (Å²) in [5.41, 5.74) is 2.21. The van der Waals surface area contributed by atoms with Gasteiger partial charge in [-0.05, 0) is 36.7 Å². The van der Waals surface area contributed by atoms with E-state index in [9.17, 15) is 0 Å². The fourth-order valence-corrected chi connectivity index (χ4v) is 2.02. The van der Waals surface area contributed by atoms with Crippen LogP contribution in [0.3, 0.4) is 0 Å². The van der Waals surface area contributed by atoms with Gasteiger partial charge in [-0.2, -0.15) is 0 Å². The summed E-state index contributed by atoms with van der Waals surface area (Å²) in [7, 11) is 2.06. The van der Waals surface area contributed by atoms with Crippen molar-refractivity contribution in [1.82, 2.24) is 10.3 Å². The Kier molecular flexibility index (Phi) is 5.18. The van der Waals surface area contributed by atoms with Gasteiger partial charge in [-0.25, -0.2) is 0 Å². The minimum atomic E-state index is 0.653. The second kappa shape index (κ2) is 7.10. The van der Waals surface area contributed by atoms with E-state index in [0.717, 1.165) is 36.8 Å². The summed E-state index contributed by atoms with van der Waals surface area (Å²) in [4.78, 5) is 6.56. The molecule has 4 nitrogen and oxygen atoms in total. The first-order chi connectivity index (χ1) is 9.65. The Balaban J connectivity index is 1.94. The summed E-state index contributed by atoms with van der Waals surface area (Å²) in [5, 5.41) is 3.41. The highest BCUT2D eigenvalue weighted by Gasteiger charge is 2.05. The van der Waals surface area contributed by atoms with Gasteiger partial charge in [-0.15, -0.1) is 0 Å². The van der Waals surface area contributed by atoms with E-state index in [4.69, 9.17) is 4.42 Å². The molecule has 2 rings (SSSR count). The summed E-state index contributed by atoms with van der Waals surface area (Å²) in [6.07, 6.45) is 3.57. The van der Waals surface area contributed by atoms with Crippen molar-refractivity contribution in [3.05, 3.63) is 48.2 Å². The van der Waals surface area contributed by atoms with Gasteiger partial charge in [0.05, 0.1) is 18.5 Å². The van der Waals surface area contributed by atoms with Crippen LogP contribution in [0.15, 0.2) is 41.1 Å². The number of hydrogen-bond acceptors (Lipinski definition) is 4. The quantitative estimate of drug-likeness (QED) is 0.842. The van der Waals surface area contributed by atoms with Crippen LogP contribution in [0.5, 0.6) is 0 Å². The van der Waals surface area contributed by atoms with Crippen LogP contribution in [0.2, 0.25) is 0 Å². The second-order valence-corrected chi connectivity index (χ2v) is 5.47. The van der Waals surface area contributed by atoms with Crippen LogP contribution in [-0.4, -0.2) is 18.6 Å². The molecule has 0 atom stereocenters. The first-order valence-corrected chi connectivity index (χ1v) is 7.04. The van der Waals surface area contributed by atoms with Crippen molar-refractivity contribution < 1.29 is 4.42 Å². The van der Waals surface area contributed by atoms with Gasteiger partial charge in [0, 0.05) is 25.5 Å². The monoisotopic (exact) mass is 273 g/mol. The fraction of sp³-hybridized carbons (Fsp3) is 0.438. The van der Waals surface area contributed by atoms with Crippen molar-refractivity contribution in [3.63, 3.8) is 0 Å². The van der Waals surface area contributed by atoms with Crippen molar-refractivity contribution >= 4 is 5.69 Å². The number of anilines is 1. The van der Waals surface area contributed by atoms with Crippen molar-refractivity contribution in [3.8, 4) is 0 Å². The van der Waals surface area contributed by atoms with E-state index in [1.165, 1.54) is 0 Å². The molecule has 0 unspecified atom stereocenters. The molecule has 2 heterocycles. The van der Waals surface area contributed by atoms with Gasteiger partial charge in [0.1, 0.15) is 5.76 Å².